The molecule has 2 aliphatic rings. The van der Waals surface area contributed by atoms with Gasteiger partial charge in [-0.1, -0.05) is 6.07 Å². The standard InChI is InChI=1S/C21H27F3N4O6S/c1-20(27-35(2,32)33)9-15(20)19(31)28-7-3-4-14(11-28)18(30)26-10-13-6-5-12(17(25)29)8-16(13)34-21(22,23)24/h5-6,8,14-15,27H,3-4,7,9-11H2,1-2H3,(H2,25,29)(H,26,30)/t14?,15?,20-/m1/s1. The molecule has 14 heteroatoms. The van der Waals surface area contributed by atoms with E-state index in [0.29, 0.717) is 25.8 Å². The van der Waals surface area contributed by atoms with E-state index in [1.54, 1.807) is 6.92 Å². The Labute approximate surface area is 200 Å². The number of amides is 3. The third-order valence-electron chi connectivity index (χ3n) is 6.09. The molecule has 3 rings (SSSR count). The van der Waals surface area contributed by atoms with Crippen molar-refractivity contribution in [1.82, 2.24) is 14.9 Å². The molecule has 1 aromatic carbocycles. The molecule has 2 unspecified atom stereocenters. The van der Waals surface area contributed by atoms with Crippen LogP contribution in [-0.4, -0.2) is 62.3 Å². The van der Waals surface area contributed by atoms with Crippen LogP contribution in [0.25, 0.3) is 0 Å². The lowest BCUT2D eigenvalue weighted by Crippen LogP contribution is -2.47. The summed E-state index contributed by atoms with van der Waals surface area (Å²) in [5.41, 5.74) is 4.07. The molecule has 3 atom stereocenters. The van der Waals surface area contributed by atoms with Crippen LogP contribution in [0.4, 0.5) is 13.2 Å². The highest BCUT2D eigenvalue weighted by atomic mass is 32.2. The molecule has 0 aromatic heterocycles. The highest BCUT2D eigenvalue weighted by molar-refractivity contribution is 7.88. The summed E-state index contributed by atoms with van der Waals surface area (Å²) in [4.78, 5) is 38.4. The predicted octanol–water partition coefficient (Wildman–Crippen LogP) is 0.867. The zero-order valence-corrected chi connectivity index (χ0v) is 20.0. The van der Waals surface area contributed by atoms with Gasteiger partial charge >= 0.3 is 6.36 Å². The average Bonchev–Trinajstić information content (AvgIpc) is 3.39. The maximum Gasteiger partial charge on any atom is 0.573 e. The molecule has 10 nitrogen and oxygen atoms in total. The van der Waals surface area contributed by atoms with Gasteiger partial charge in [-0.05, 0) is 38.3 Å². The zero-order chi connectivity index (χ0) is 26.2. The fraction of sp³-hybridized carbons (Fsp3) is 0.571. The van der Waals surface area contributed by atoms with Crippen molar-refractivity contribution in [3.05, 3.63) is 29.3 Å². The number of likely N-dealkylation sites (tertiary alicyclic amines) is 1. The molecule has 1 saturated heterocycles. The summed E-state index contributed by atoms with van der Waals surface area (Å²) < 4.78 is 67.8. The number of benzene rings is 1. The van der Waals surface area contributed by atoms with Gasteiger partial charge in [0.15, 0.2) is 0 Å². The van der Waals surface area contributed by atoms with Crippen molar-refractivity contribution in [1.29, 1.82) is 0 Å². The van der Waals surface area contributed by atoms with E-state index < -0.39 is 51.3 Å². The Hall–Kier alpha value is -2.87. The van der Waals surface area contributed by atoms with E-state index in [-0.39, 0.29) is 30.1 Å². The van der Waals surface area contributed by atoms with Gasteiger partial charge in [0, 0.05) is 36.3 Å². The van der Waals surface area contributed by atoms with Crippen LogP contribution in [-0.2, 0) is 26.2 Å². The van der Waals surface area contributed by atoms with Gasteiger partial charge in [-0.2, -0.15) is 0 Å². The molecule has 2 fully saturated rings. The van der Waals surface area contributed by atoms with Gasteiger partial charge < -0.3 is 20.7 Å². The molecular formula is C21H27F3N4O6S. The highest BCUT2D eigenvalue weighted by Crippen LogP contribution is 2.45. The molecular weight excluding hydrogens is 493 g/mol. The van der Waals surface area contributed by atoms with E-state index in [4.69, 9.17) is 5.73 Å². The topological polar surface area (TPSA) is 148 Å². The number of halogens is 3. The molecule has 4 N–H and O–H groups in total. The minimum atomic E-state index is -5.01. The Bertz CT molecular complexity index is 1130. The third kappa shape index (κ3) is 7.07. The predicted molar refractivity (Wildman–Crippen MR) is 117 cm³/mol. The molecule has 1 aliphatic carbocycles. The number of alkyl halides is 3. The molecule has 1 saturated carbocycles. The van der Waals surface area contributed by atoms with Crippen LogP contribution in [0.3, 0.4) is 0 Å². The first-order valence-corrected chi connectivity index (χ1v) is 12.7. The SMILES string of the molecule is C[C@@]1(NS(C)(=O)=O)CC1C(=O)N1CCCC(C(=O)NCc2ccc(C(N)=O)cc2OC(F)(F)F)C1. The van der Waals surface area contributed by atoms with E-state index in [0.717, 1.165) is 12.3 Å². The van der Waals surface area contributed by atoms with Crippen LogP contribution in [0.15, 0.2) is 18.2 Å². The van der Waals surface area contributed by atoms with Gasteiger partial charge in [0.1, 0.15) is 5.75 Å². The summed E-state index contributed by atoms with van der Waals surface area (Å²) >= 11 is 0. The van der Waals surface area contributed by atoms with Crippen LogP contribution in [0.5, 0.6) is 5.75 Å². The molecule has 0 bridgehead atoms. The number of carbonyl (C=O) groups is 3. The molecule has 35 heavy (non-hydrogen) atoms. The third-order valence-corrected chi connectivity index (χ3v) is 6.93. The first-order valence-electron chi connectivity index (χ1n) is 10.8. The molecule has 0 radical (unpaired) electrons. The van der Waals surface area contributed by atoms with Gasteiger partial charge in [-0.3, -0.25) is 14.4 Å². The average molecular weight is 521 g/mol. The molecule has 1 heterocycles. The number of nitrogens with zero attached hydrogens (tertiary/aromatic N) is 1. The minimum absolute atomic E-state index is 0.00925. The smallest absolute Gasteiger partial charge is 0.405 e. The number of primary amides is 1. The lowest BCUT2D eigenvalue weighted by molar-refractivity contribution is -0.274. The maximum absolute atomic E-state index is 12.9. The number of ether oxygens (including phenoxy) is 1. The largest absolute Gasteiger partial charge is 0.573 e. The van der Waals surface area contributed by atoms with E-state index in [1.165, 1.54) is 17.0 Å². The molecule has 0 spiro atoms. The molecule has 1 aromatic rings. The van der Waals surface area contributed by atoms with Crippen molar-refractivity contribution in [3.63, 3.8) is 0 Å². The fourth-order valence-corrected chi connectivity index (χ4v) is 5.35. The van der Waals surface area contributed by atoms with Crippen LogP contribution in [0.1, 0.15) is 42.1 Å². The van der Waals surface area contributed by atoms with Crippen molar-refractivity contribution in [3.8, 4) is 5.75 Å². The Morgan fingerprint density at radius 3 is 2.57 bits per heavy atom. The van der Waals surface area contributed by atoms with Crippen LogP contribution in [0, 0.1) is 11.8 Å². The summed E-state index contributed by atoms with van der Waals surface area (Å²) in [6.07, 6.45) is -2.61. The van der Waals surface area contributed by atoms with E-state index in [1.807, 2.05) is 0 Å². The summed E-state index contributed by atoms with van der Waals surface area (Å²) in [6.45, 7) is 1.89. The van der Waals surface area contributed by atoms with Gasteiger partial charge in [0.2, 0.25) is 27.7 Å². The lowest BCUT2D eigenvalue weighted by atomic mass is 9.96. The number of hydrogen-bond donors (Lipinski definition) is 3. The quantitative estimate of drug-likeness (QED) is 0.463. The number of nitrogens with one attached hydrogen (secondary N) is 2. The number of sulfonamides is 1. The normalized spacial score (nSPS) is 24.5. The number of piperidine rings is 1. The van der Waals surface area contributed by atoms with Crippen molar-refractivity contribution in [2.24, 2.45) is 17.6 Å². The Morgan fingerprint density at radius 2 is 1.97 bits per heavy atom. The van der Waals surface area contributed by atoms with Gasteiger partial charge in [0.25, 0.3) is 0 Å². The summed E-state index contributed by atoms with van der Waals surface area (Å²) in [7, 11) is -3.49. The second-order valence-electron chi connectivity index (χ2n) is 9.12. The Balaban J connectivity index is 1.62. The molecule has 1 aliphatic heterocycles. The van der Waals surface area contributed by atoms with Crippen LogP contribution < -0.4 is 20.5 Å². The molecule has 194 valence electrons. The van der Waals surface area contributed by atoms with Crippen LogP contribution >= 0.6 is 0 Å². The lowest BCUT2D eigenvalue weighted by Gasteiger charge is -2.32. The fourth-order valence-electron chi connectivity index (χ4n) is 4.27. The van der Waals surface area contributed by atoms with Crippen molar-refractivity contribution in [2.75, 3.05) is 19.3 Å². The highest BCUT2D eigenvalue weighted by Gasteiger charge is 2.57. The van der Waals surface area contributed by atoms with Crippen molar-refractivity contribution in [2.45, 2.75) is 44.6 Å². The monoisotopic (exact) mass is 520 g/mol. The summed E-state index contributed by atoms with van der Waals surface area (Å²) in [6, 6.07) is 3.29. The van der Waals surface area contributed by atoms with Gasteiger partial charge in [0.05, 0.1) is 18.1 Å². The number of carbonyl (C=O) groups excluding carboxylic acids is 3. The van der Waals surface area contributed by atoms with Crippen molar-refractivity contribution < 1.29 is 40.7 Å². The van der Waals surface area contributed by atoms with Crippen molar-refractivity contribution >= 4 is 27.7 Å². The summed E-state index contributed by atoms with van der Waals surface area (Å²) in [5, 5.41) is 2.56. The Kier molecular flexibility index (Phi) is 7.37. The first kappa shape index (κ1) is 26.7. The zero-order valence-electron chi connectivity index (χ0n) is 19.1. The maximum atomic E-state index is 12.9. The minimum Gasteiger partial charge on any atom is -0.405 e. The number of rotatable bonds is 8. The first-order chi connectivity index (χ1) is 16.1. The number of nitrogens with two attached hydrogens (primary N) is 1. The molecule has 3 amide bonds. The van der Waals surface area contributed by atoms with Crippen LogP contribution in [0.2, 0.25) is 0 Å². The van der Waals surface area contributed by atoms with E-state index in [9.17, 15) is 36.0 Å². The second kappa shape index (κ2) is 9.64. The number of hydrogen-bond acceptors (Lipinski definition) is 6. The van der Waals surface area contributed by atoms with Gasteiger partial charge in [-0.15, -0.1) is 13.2 Å². The van der Waals surface area contributed by atoms with E-state index >= 15 is 0 Å². The Morgan fingerprint density at radius 1 is 1.29 bits per heavy atom. The van der Waals surface area contributed by atoms with Gasteiger partial charge in [-0.25, -0.2) is 13.1 Å². The van der Waals surface area contributed by atoms with E-state index in [2.05, 4.69) is 14.8 Å². The summed E-state index contributed by atoms with van der Waals surface area (Å²) in [5.74, 6) is -3.39. The second-order valence-corrected chi connectivity index (χ2v) is 10.9.